The van der Waals surface area contributed by atoms with Crippen LogP contribution in [0.25, 0.3) is 0 Å². The van der Waals surface area contributed by atoms with Crippen molar-refractivity contribution in [3.05, 3.63) is 29.8 Å². The maximum Gasteiger partial charge on any atom is 0.118 e. The molecule has 2 unspecified atom stereocenters. The van der Waals surface area contributed by atoms with Crippen molar-refractivity contribution >= 4 is 11.8 Å². The SMILES string of the molecule is COc1ccc(CC(C)NC(C)CSC)cc1. The molecule has 0 spiro atoms. The second-order valence-corrected chi connectivity index (χ2v) is 5.39. The van der Waals surface area contributed by atoms with Gasteiger partial charge in [0.2, 0.25) is 0 Å². The normalized spacial score (nSPS) is 14.4. The molecule has 2 atom stereocenters. The highest BCUT2D eigenvalue weighted by atomic mass is 32.2. The molecule has 0 heterocycles. The van der Waals surface area contributed by atoms with E-state index in [4.69, 9.17) is 4.74 Å². The Bertz CT molecular complexity index is 313. The maximum absolute atomic E-state index is 5.15. The van der Waals surface area contributed by atoms with Crippen LogP contribution < -0.4 is 10.1 Å². The lowest BCUT2D eigenvalue weighted by atomic mass is 10.1. The van der Waals surface area contributed by atoms with Crippen molar-refractivity contribution in [3.8, 4) is 5.75 Å². The second kappa shape index (κ2) is 7.62. The van der Waals surface area contributed by atoms with Gasteiger partial charge in [0.05, 0.1) is 7.11 Å². The van der Waals surface area contributed by atoms with Crippen LogP contribution in [-0.2, 0) is 6.42 Å². The number of nitrogens with one attached hydrogen (secondary N) is 1. The molecule has 2 nitrogen and oxygen atoms in total. The number of rotatable bonds is 7. The Morgan fingerprint density at radius 3 is 2.35 bits per heavy atom. The quantitative estimate of drug-likeness (QED) is 0.807. The van der Waals surface area contributed by atoms with Crippen LogP contribution in [0.2, 0.25) is 0 Å². The summed E-state index contributed by atoms with van der Waals surface area (Å²) in [4.78, 5) is 0. The van der Waals surface area contributed by atoms with E-state index in [0.29, 0.717) is 12.1 Å². The fraction of sp³-hybridized carbons (Fsp3) is 0.571. The van der Waals surface area contributed by atoms with E-state index in [2.05, 4.69) is 37.6 Å². The first-order valence-electron chi connectivity index (χ1n) is 6.03. The van der Waals surface area contributed by atoms with Crippen LogP contribution in [0.3, 0.4) is 0 Å². The summed E-state index contributed by atoms with van der Waals surface area (Å²) < 4.78 is 5.15. The molecule has 3 heteroatoms. The van der Waals surface area contributed by atoms with Gasteiger partial charge in [-0.25, -0.2) is 0 Å². The lowest BCUT2D eigenvalue weighted by Crippen LogP contribution is -2.37. The highest BCUT2D eigenvalue weighted by Crippen LogP contribution is 2.12. The van der Waals surface area contributed by atoms with E-state index >= 15 is 0 Å². The minimum Gasteiger partial charge on any atom is -0.497 e. The maximum atomic E-state index is 5.15. The molecule has 1 rings (SSSR count). The molecular weight excluding hydrogens is 230 g/mol. The summed E-state index contributed by atoms with van der Waals surface area (Å²) in [5, 5.41) is 3.61. The van der Waals surface area contributed by atoms with Crippen LogP contribution in [0.1, 0.15) is 19.4 Å². The van der Waals surface area contributed by atoms with Crippen molar-refractivity contribution in [1.29, 1.82) is 0 Å². The zero-order chi connectivity index (χ0) is 12.7. The van der Waals surface area contributed by atoms with E-state index in [1.165, 1.54) is 5.56 Å². The van der Waals surface area contributed by atoms with Crippen molar-refractivity contribution in [1.82, 2.24) is 5.32 Å². The first-order valence-corrected chi connectivity index (χ1v) is 7.43. The van der Waals surface area contributed by atoms with Crippen molar-refractivity contribution in [2.45, 2.75) is 32.4 Å². The fourth-order valence-corrected chi connectivity index (χ4v) is 2.55. The first-order chi connectivity index (χ1) is 8.15. The zero-order valence-corrected chi connectivity index (χ0v) is 12.0. The van der Waals surface area contributed by atoms with Gasteiger partial charge >= 0.3 is 0 Å². The Morgan fingerprint density at radius 1 is 1.18 bits per heavy atom. The molecule has 1 N–H and O–H groups in total. The zero-order valence-electron chi connectivity index (χ0n) is 11.2. The Labute approximate surface area is 109 Å². The van der Waals surface area contributed by atoms with Crippen molar-refractivity contribution < 1.29 is 4.74 Å². The molecule has 1 aromatic rings. The lowest BCUT2D eigenvalue weighted by molar-refractivity contribution is 0.414. The van der Waals surface area contributed by atoms with E-state index in [-0.39, 0.29) is 0 Å². The van der Waals surface area contributed by atoms with Gasteiger partial charge in [0.15, 0.2) is 0 Å². The van der Waals surface area contributed by atoms with E-state index in [1.54, 1.807) is 7.11 Å². The van der Waals surface area contributed by atoms with E-state index in [1.807, 2.05) is 23.9 Å². The standard InChI is InChI=1S/C14H23NOS/c1-11(15-12(2)10-17-4)9-13-5-7-14(16-3)8-6-13/h5-8,11-12,15H,9-10H2,1-4H3. The molecule has 1 aromatic carbocycles. The van der Waals surface area contributed by atoms with Gasteiger partial charge in [-0.3, -0.25) is 0 Å². The van der Waals surface area contributed by atoms with Gasteiger partial charge < -0.3 is 10.1 Å². The molecule has 0 radical (unpaired) electrons. The van der Waals surface area contributed by atoms with Crippen molar-refractivity contribution in [3.63, 3.8) is 0 Å². The highest BCUT2D eigenvalue weighted by molar-refractivity contribution is 7.98. The topological polar surface area (TPSA) is 21.3 Å². The van der Waals surface area contributed by atoms with Crippen LogP contribution in [-0.4, -0.2) is 31.2 Å². The van der Waals surface area contributed by atoms with Gasteiger partial charge in [-0.15, -0.1) is 0 Å². The molecule has 96 valence electrons. The molecule has 0 amide bonds. The lowest BCUT2D eigenvalue weighted by Gasteiger charge is -2.19. The first kappa shape index (κ1) is 14.4. The van der Waals surface area contributed by atoms with Crippen molar-refractivity contribution in [2.24, 2.45) is 0 Å². The van der Waals surface area contributed by atoms with Gasteiger partial charge in [0.25, 0.3) is 0 Å². The number of ether oxygens (including phenoxy) is 1. The molecule has 0 saturated carbocycles. The van der Waals surface area contributed by atoms with Crippen LogP contribution in [0.15, 0.2) is 24.3 Å². The highest BCUT2D eigenvalue weighted by Gasteiger charge is 2.07. The van der Waals surface area contributed by atoms with Gasteiger partial charge in [0.1, 0.15) is 5.75 Å². The van der Waals surface area contributed by atoms with Crippen LogP contribution in [0.5, 0.6) is 5.75 Å². The summed E-state index contributed by atoms with van der Waals surface area (Å²) in [5.74, 6) is 2.08. The predicted octanol–water partition coefficient (Wildman–Crippen LogP) is 2.97. The summed E-state index contributed by atoms with van der Waals surface area (Å²) in [6.45, 7) is 4.47. The molecule has 0 aliphatic heterocycles. The molecule has 0 aliphatic carbocycles. The average Bonchev–Trinajstić information content (AvgIpc) is 2.30. The Kier molecular flexibility index (Phi) is 6.45. The summed E-state index contributed by atoms with van der Waals surface area (Å²) in [7, 11) is 1.70. The molecule has 0 fully saturated rings. The van der Waals surface area contributed by atoms with E-state index in [0.717, 1.165) is 17.9 Å². The third-order valence-corrected chi connectivity index (χ3v) is 3.52. The minimum absolute atomic E-state index is 0.505. The molecule has 0 aliphatic rings. The van der Waals surface area contributed by atoms with E-state index in [9.17, 15) is 0 Å². The van der Waals surface area contributed by atoms with Crippen LogP contribution in [0, 0.1) is 0 Å². The summed E-state index contributed by atoms with van der Waals surface area (Å²) in [6, 6.07) is 9.39. The molecule has 0 bridgehead atoms. The Hall–Kier alpha value is -0.670. The summed E-state index contributed by atoms with van der Waals surface area (Å²) in [6.07, 6.45) is 3.20. The van der Waals surface area contributed by atoms with Gasteiger partial charge in [0, 0.05) is 17.8 Å². The molecule has 0 saturated heterocycles. The van der Waals surface area contributed by atoms with Gasteiger partial charge in [-0.2, -0.15) is 11.8 Å². The van der Waals surface area contributed by atoms with Crippen LogP contribution in [0.4, 0.5) is 0 Å². The number of hydrogen-bond donors (Lipinski definition) is 1. The summed E-state index contributed by atoms with van der Waals surface area (Å²) >= 11 is 1.88. The monoisotopic (exact) mass is 253 g/mol. The van der Waals surface area contributed by atoms with E-state index < -0.39 is 0 Å². The Morgan fingerprint density at radius 2 is 1.82 bits per heavy atom. The largest absolute Gasteiger partial charge is 0.497 e. The minimum atomic E-state index is 0.505. The Balaban J connectivity index is 2.41. The third kappa shape index (κ3) is 5.46. The van der Waals surface area contributed by atoms with Gasteiger partial charge in [-0.05, 0) is 44.2 Å². The fourth-order valence-electron chi connectivity index (χ4n) is 1.96. The molecule has 0 aromatic heterocycles. The smallest absolute Gasteiger partial charge is 0.118 e. The summed E-state index contributed by atoms with van der Waals surface area (Å²) in [5.41, 5.74) is 1.35. The third-order valence-electron chi connectivity index (χ3n) is 2.69. The number of thioether (sulfide) groups is 1. The molecule has 17 heavy (non-hydrogen) atoms. The number of hydrogen-bond acceptors (Lipinski definition) is 3. The number of benzene rings is 1. The second-order valence-electron chi connectivity index (χ2n) is 4.48. The number of methoxy groups -OCH3 is 1. The van der Waals surface area contributed by atoms with Crippen molar-refractivity contribution in [2.75, 3.05) is 19.1 Å². The van der Waals surface area contributed by atoms with Gasteiger partial charge in [-0.1, -0.05) is 12.1 Å². The molecular formula is C14H23NOS. The van der Waals surface area contributed by atoms with Crippen LogP contribution >= 0.6 is 11.8 Å². The predicted molar refractivity (Wildman–Crippen MR) is 77.1 cm³/mol. The average molecular weight is 253 g/mol.